The SMILES string of the molecule is CCCCCC1(C)C(N)=NC(=O)N1C(C)C. The van der Waals surface area contributed by atoms with E-state index in [2.05, 4.69) is 11.9 Å². The van der Waals surface area contributed by atoms with Gasteiger partial charge in [0.15, 0.2) is 0 Å². The first-order chi connectivity index (χ1) is 7.43. The van der Waals surface area contributed by atoms with Crippen LogP contribution in [-0.4, -0.2) is 28.3 Å². The van der Waals surface area contributed by atoms with E-state index < -0.39 is 0 Å². The molecule has 1 atom stereocenters. The van der Waals surface area contributed by atoms with Crippen LogP contribution in [0.1, 0.15) is 53.4 Å². The molecule has 1 rings (SSSR count). The third-order valence-electron chi connectivity index (χ3n) is 3.29. The number of hydrogen-bond donors (Lipinski definition) is 1. The van der Waals surface area contributed by atoms with E-state index >= 15 is 0 Å². The Morgan fingerprint density at radius 2 is 2.06 bits per heavy atom. The number of unbranched alkanes of at least 4 members (excludes halogenated alkanes) is 2. The zero-order valence-electron chi connectivity index (χ0n) is 10.8. The molecule has 0 aliphatic carbocycles. The minimum atomic E-state index is -0.375. The smallest absolute Gasteiger partial charge is 0.346 e. The van der Waals surface area contributed by atoms with Crippen molar-refractivity contribution in [2.45, 2.75) is 65.0 Å². The highest BCUT2D eigenvalue weighted by molar-refractivity contribution is 6.05. The highest BCUT2D eigenvalue weighted by Gasteiger charge is 2.45. The summed E-state index contributed by atoms with van der Waals surface area (Å²) < 4.78 is 0. The van der Waals surface area contributed by atoms with Gasteiger partial charge in [0.25, 0.3) is 0 Å². The second-order valence-corrected chi connectivity index (χ2v) is 4.97. The summed E-state index contributed by atoms with van der Waals surface area (Å²) in [6.07, 6.45) is 4.32. The Hall–Kier alpha value is -1.06. The lowest BCUT2D eigenvalue weighted by atomic mass is 9.91. The summed E-state index contributed by atoms with van der Waals surface area (Å²) in [4.78, 5) is 17.4. The number of carbonyl (C=O) groups excluding carboxylic acids is 1. The molecule has 4 heteroatoms. The van der Waals surface area contributed by atoms with Gasteiger partial charge < -0.3 is 10.6 Å². The van der Waals surface area contributed by atoms with Gasteiger partial charge in [-0.25, -0.2) is 4.79 Å². The first-order valence-electron chi connectivity index (χ1n) is 6.11. The maximum Gasteiger partial charge on any atom is 0.346 e. The van der Waals surface area contributed by atoms with Gasteiger partial charge in [-0.05, 0) is 27.2 Å². The molecule has 0 aromatic carbocycles. The van der Waals surface area contributed by atoms with Gasteiger partial charge in [0.1, 0.15) is 5.84 Å². The largest absolute Gasteiger partial charge is 0.385 e. The highest BCUT2D eigenvalue weighted by atomic mass is 16.2. The average molecular weight is 225 g/mol. The van der Waals surface area contributed by atoms with Crippen LogP contribution in [0.3, 0.4) is 0 Å². The van der Waals surface area contributed by atoms with Crippen LogP contribution in [-0.2, 0) is 0 Å². The van der Waals surface area contributed by atoms with E-state index in [0.717, 1.165) is 12.8 Å². The fourth-order valence-corrected chi connectivity index (χ4v) is 2.37. The molecule has 92 valence electrons. The van der Waals surface area contributed by atoms with Crippen molar-refractivity contribution in [1.82, 2.24) is 4.90 Å². The molecule has 1 aliphatic rings. The summed E-state index contributed by atoms with van der Waals surface area (Å²) in [5, 5.41) is 0. The van der Waals surface area contributed by atoms with E-state index in [1.807, 2.05) is 20.8 Å². The van der Waals surface area contributed by atoms with Crippen molar-refractivity contribution < 1.29 is 4.79 Å². The molecule has 4 nitrogen and oxygen atoms in total. The van der Waals surface area contributed by atoms with Crippen LogP contribution in [0.5, 0.6) is 0 Å². The maximum absolute atomic E-state index is 11.7. The van der Waals surface area contributed by atoms with Crippen LogP contribution < -0.4 is 5.73 Å². The van der Waals surface area contributed by atoms with Gasteiger partial charge in [-0.15, -0.1) is 0 Å². The number of amidine groups is 1. The van der Waals surface area contributed by atoms with Crippen LogP contribution in [0.2, 0.25) is 0 Å². The van der Waals surface area contributed by atoms with Crippen LogP contribution >= 0.6 is 0 Å². The van der Waals surface area contributed by atoms with E-state index in [1.54, 1.807) is 4.90 Å². The van der Waals surface area contributed by atoms with Crippen LogP contribution in [0.25, 0.3) is 0 Å². The lowest BCUT2D eigenvalue weighted by Gasteiger charge is -2.37. The minimum absolute atomic E-state index is 0.143. The van der Waals surface area contributed by atoms with Gasteiger partial charge in [0.05, 0.1) is 5.54 Å². The Balaban J connectivity index is 2.80. The molecule has 16 heavy (non-hydrogen) atoms. The monoisotopic (exact) mass is 225 g/mol. The molecule has 0 saturated carbocycles. The molecule has 1 unspecified atom stereocenters. The third-order valence-corrected chi connectivity index (χ3v) is 3.29. The van der Waals surface area contributed by atoms with Crippen molar-refractivity contribution in [2.24, 2.45) is 10.7 Å². The molecule has 0 aromatic rings. The topological polar surface area (TPSA) is 58.7 Å². The minimum Gasteiger partial charge on any atom is -0.385 e. The van der Waals surface area contributed by atoms with E-state index in [9.17, 15) is 4.79 Å². The molecule has 2 amide bonds. The molecule has 0 fully saturated rings. The Morgan fingerprint density at radius 1 is 1.44 bits per heavy atom. The Labute approximate surface area is 97.9 Å². The van der Waals surface area contributed by atoms with Gasteiger partial charge in [-0.1, -0.05) is 26.2 Å². The molecule has 0 saturated heterocycles. The summed E-state index contributed by atoms with van der Waals surface area (Å²) in [5.74, 6) is 0.474. The number of aliphatic imine (C=N–C) groups is 1. The molecule has 0 bridgehead atoms. The molecule has 1 heterocycles. The fourth-order valence-electron chi connectivity index (χ4n) is 2.37. The maximum atomic E-state index is 11.7. The van der Waals surface area contributed by atoms with Crippen molar-refractivity contribution in [3.63, 3.8) is 0 Å². The number of hydrogen-bond acceptors (Lipinski definition) is 2. The number of amides is 2. The quantitative estimate of drug-likeness (QED) is 0.731. The van der Waals surface area contributed by atoms with E-state index in [1.165, 1.54) is 12.8 Å². The van der Waals surface area contributed by atoms with Crippen LogP contribution in [0, 0.1) is 0 Å². The number of nitrogens with zero attached hydrogens (tertiary/aromatic N) is 2. The first kappa shape index (κ1) is 13.0. The lowest BCUT2D eigenvalue weighted by molar-refractivity contribution is 0.148. The van der Waals surface area contributed by atoms with Crippen molar-refractivity contribution in [1.29, 1.82) is 0 Å². The predicted molar refractivity (Wildman–Crippen MR) is 66.5 cm³/mol. The van der Waals surface area contributed by atoms with Crippen LogP contribution in [0.15, 0.2) is 4.99 Å². The van der Waals surface area contributed by atoms with Crippen LogP contribution in [0.4, 0.5) is 4.79 Å². The standard InChI is InChI=1S/C12H23N3O/c1-5-6-7-8-12(4)10(13)14-11(16)15(12)9(2)3/h9H,5-8H2,1-4H3,(H2,13,14,16). The fraction of sp³-hybridized carbons (Fsp3) is 0.833. The normalized spacial score (nSPS) is 25.4. The summed E-state index contributed by atoms with van der Waals surface area (Å²) in [7, 11) is 0. The van der Waals surface area contributed by atoms with Gasteiger partial charge in [0, 0.05) is 6.04 Å². The first-order valence-corrected chi connectivity index (χ1v) is 6.11. The number of urea groups is 1. The second-order valence-electron chi connectivity index (χ2n) is 4.97. The van der Waals surface area contributed by atoms with Gasteiger partial charge >= 0.3 is 6.03 Å². The zero-order valence-corrected chi connectivity index (χ0v) is 10.8. The van der Waals surface area contributed by atoms with E-state index in [-0.39, 0.29) is 17.6 Å². The molecular weight excluding hydrogens is 202 g/mol. The Bertz CT molecular complexity index is 299. The molecular formula is C12H23N3O. The number of rotatable bonds is 5. The molecule has 0 radical (unpaired) electrons. The summed E-state index contributed by atoms with van der Waals surface area (Å²) in [6, 6.07) is -0.0459. The molecule has 0 aromatic heterocycles. The van der Waals surface area contributed by atoms with Gasteiger partial charge in [0.2, 0.25) is 0 Å². The predicted octanol–water partition coefficient (Wildman–Crippen LogP) is 2.53. The molecule has 0 spiro atoms. The Kier molecular flexibility index (Phi) is 3.94. The number of nitrogens with two attached hydrogens (primary N) is 1. The van der Waals surface area contributed by atoms with Gasteiger partial charge in [-0.2, -0.15) is 4.99 Å². The van der Waals surface area contributed by atoms with Crippen molar-refractivity contribution in [2.75, 3.05) is 0 Å². The van der Waals surface area contributed by atoms with Gasteiger partial charge in [-0.3, -0.25) is 0 Å². The Morgan fingerprint density at radius 3 is 2.56 bits per heavy atom. The zero-order chi connectivity index (χ0) is 12.3. The van der Waals surface area contributed by atoms with Crippen molar-refractivity contribution in [3.05, 3.63) is 0 Å². The van der Waals surface area contributed by atoms with Crippen molar-refractivity contribution in [3.8, 4) is 0 Å². The van der Waals surface area contributed by atoms with Crippen molar-refractivity contribution >= 4 is 11.9 Å². The second kappa shape index (κ2) is 4.85. The summed E-state index contributed by atoms with van der Waals surface area (Å²) >= 11 is 0. The average Bonchev–Trinajstić information content (AvgIpc) is 2.38. The lowest BCUT2D eigenvalue weighted by Crippen LogP contribution is -2.54. The summed E-state index contributed by atoms with van der Waals surface area (Å²) in [6.45, 7) is 8.19. The third kappa shape index (κ3) is 2.20. The highest BCUT2D eigenvalue weighted by Crippen LogP contribution is 2.30. The van der Waals surface area contributed by atoms with E-state index in [4.69, 9.17) is 5.73 Å². The summed E-state index contributed by atoms with van der Waals surface area (Å²) in [5.41, 5.74) is 5.53. The molecule has 1 aliphatic heterocycles. The molecule has 2 N–H and O–H groups in total. The van der Waals surface area contributed by atoms with E-state index in [0.29, 0.717) is 5.84 Å². The number of carbonyl (C=O) groups is 1.